The van der Waals surface area contributed by atoms with E-state index in [0.29, 0.717) is 6.54 Å². The van der Waals surface area contributed by atoms with Gasteiger partial charge in [0.1, 0.15) is 0 Å². The maximum Gasteiger partial charge on any atom is 0.254 e. The summed E-state index contributed by atoms with van der Waals surface area (Å²) in [6.45, 7) is 2.37. The molecule has 29 heavy (non-hydrogen) atoms. The molecule has 1 aromatic carbocycles. The van der Waals surface area contributed by atoms with Crippen LogP contribution in [0.4, 0.5) is 5.82 Å². The Kier molecular flexibility index (Phi) is 4.42. The Morgan fingerprint density at radius 3 is 2.90 bits per heavy atom. The Morgan fingerprint density at radius 1 is 1.34 bits per heavy atom. The molecule has 3 heterocycles. The van der Waals surface area contributed by atoms with E-state index in [2.05, 4.69) is 37.3 Å². The summed E-state index contributed by atoms with van der Waals surface area (Å²) in [6, 6.07) is 7.93. The van der Waals surface area contributed by atoms with Gasteiger partial charge in [-0.15, -0.1) is 0 Å². The summed E-state index contributed by atoms with van der Waals surface area (Å²) in [5.74, 6) is 0.818. The van der Waals surface area contributed by atoms with Crippen molar-refractivity contribution in [1.29, 1.82) is 0 Å². The van der Waals surface area contributed by atoms with Crippen LogP contribution in [0.2, 0.25) is 0 Å². The molecular weight excluding hydrogens is 434 g/mol. The number of fused-ring (bicyclic) bond motifs is 2. The molecule has 1 aromatic heterocycles. The van der Waals surface area contributed by atoms with Crippen LogP contribution in [0.15, 0.2) is 34.9 Å². The third-order valence-corrected chi connectivity index (χ3v) is 6.82. The molecule has 5 rings (SSSR count). The number of rotatable bonds is 4. The predicted molar refractivity (Wildman–Crippen MR) is 113 cm³/mol. The summed E-state index contributed by atoms with van der Waals surface area (Å²) >= 11 is 3.52. The van der Waals surface area contributed by atoms with Crippen LogP contribution in [0, 0.1) is 0 Å². The van der Waals surface area contributed by atoms with Crippen LogP contribution in [0.25, 0.3) is 0 Å². The zero-order chi connectivity index (χ0) is 20.2. The summed E-state index contributed by atoms with van der Waals surface area (Å²) < 4.78 is 2.79. The van der Waals surface area contributed by atoms with Gasteiger partial charge in [0.15, 0.2) is 5.82 Å². The maximum atomic E-state index is 13.0. The number of aryl methyl sites for hydroxylation is 1. The highest BCUT2D eigenvalue weighted by atomic mass is 79.9. The molecule has 1 aliphatic carbocycles. The van der Waals surface area contributed by atoms with E-state index in [9.17, 15) is 9.59 Å². The zero-order valence-corrected chi connectivity index (χ0v) is 18.0. The zero-order valence-electron chi connectivity index (χ0n) is 16.4. The first-order chi connectivity index (χ1) is 13.9. The third-order valence-electron chi connectivity index (χ3n) is 6.33. The number of carbonyl (C=O) groups excluding carboxylic acids is 2. The molecule has 8 heteroatoms. The highest BCUT2D eigenvalue weighted by Crippen LogP contribution is 2.52. The van der Waals surface area contributed by atoms with E-state index in [1.165, 1.54) is 0 Å². The van der Waals surface area contributed by atoms with Crippen molar-refractivity contribution in [2.75, 3.05) is 31.1 Å². The Balaban J connectivity index is 1.23. The van der Waals surface area contributed by atoms with Crippen molar-refractivity contribution in [2.45, 2.75) is 30.7 Å². The number of anilines is 1. The van der Waals surface area contributed by atoms with Crippen molar-refractivity contribution in [3.8, 4) is 0 Å². The number of aromatic nitrogens is 2. The molecule has 1 spiro atoms. The first kappa shape index (κ1) is 18.7. The smallest absolute Gasteiger partial charge is 0.254 e. The molecule has 0 bridgehead atoms. The third kappa shape index (κ3) is 3.43. The minimum Gasteiger partial charge on any atom is -0.353 e. The molecule has 0 radical (unpaired) electrons. The van der Waals surface area contributed by atoms with E-state index < -0.39 is 0 Å². The van der Waals surface area contributed by atoms with Crippen molar-refractivity contribution in [3.63, 3.8) is 0 Å². The molecule has 152 valence electrons. The summed E-state index contributed by atoms with van der Waals surface area (Å²) in [5, 5.41) is 7.55. The van der Waals surface area contributed by atoms with E-state index >= 15 is 0 Å². The number of nitrogens with zero attached hydrogens (tertiary/aromatic N) is 4. The molecule has 2 aliphatic heterocycles. The summed E-state index contributed by atoms with van der Waals surface area (Å²) in [4.78, 5) is 29.6. The molecule has 2 aromatic rings. The lowest BCUT2D eigenvalue weighted by Gasteiger charge is -2.34. The number of carbonyl (C=O) groups is 2. The van der Waals surface area contributed by atoms with Crippen molar-refractivity contribution in [1.82, 2.24) is 20.0 Å². The van der Waals surface area contributed by atoms with E-state index in [1.54, 1.807) is 9.58 Å². The molecule has 1 atom stereocenters. The van der Waals surface area contributed by atoms with Crippen LogP contribution in [0.5, 0.6) is 0 Å². The van der Waals surface area contributed by atoms with Crippen LogP contribution in [0.1, 0.15) is 35.2 Å². The van der Waals surface area contributed by atoms with Gasteiger partial charge in [0.05, 0.1) is 6.54 Å². The fourth-order valence-corrected chi connectivity index (χ4v) is 5.01. The van der Waals surface area contributed by atoms with E-state index in [4.69, 9.17) is 0 Å². The topological polar surface area (TPSA) is 70.5 Å². The van der Waals surface area contributed by atoms with Crippen molar-refractivity contribution < 1.29 is 9.59 Å². The van der Waals surface area contributed by atoms with Gasteiger partial charge < -0.3 is 15.1 Å². The van der Waals surface area contributed by atoms with Crippen molar-refractivity contribution in [3.05, 3.63) is 46.1 Å². The van der Waals surface area contributed by atoms with Gasteiger partial charge in [0.2, 0.25) is 5.91 Å². The van der Waals surface area contributed by atoms with Crippen LogP contribution < -0.4 is 10.2 Å². The largest absolute Gasteiger partial charge is 0.353 e. The maximum absolute atomic E-state index is 13.0. The van der Waals surface area contributed by atoms with E-state index in [0.717, 1.165) is 53.8 Å². The number of amides is 2. The van der Waals surface area contributed by atoms with Gasteiger partial charge in [-0.25, -0.2) is 0 Å². The number of hydrogen-bond acceptors (Lipinski definition) is 4. The second-order valence-electron chi connectivity index (χ2n) is 8.48. The normalized spacial score (nSPS) is 22.1. The van der Waals surface area contributed by atoms with Gasteiger partial charge in [0.25, 0.3) is 5.91 Å². The van der Waals surface area contributed by atoms with Gasteiger partial charge in [-0.1, -0.05) is 15.9 Å². The molecule has 2 fully saturated rings. The van der Waals surface area contributed by atoms with Gasteiger partial charge in [-0.2, -0.15) is 5.10 Å². The molecule has 7 nitrogen and oxygen atoms in total. The number of halogens is 1. The number of benzene rings is 1. The van der Waals surface area contributed by atoms with Gasteiger partial charge >= 0.3 is 0 Å². The van der Waals surface area contributed by atoms with Crippen LogP contribution in [-0.4, -0.2) is 58.7 Å². The van der Waals surface area contributed by atoms with Crippen molar-refractivity contribution in [2.24, 2.45) is 7.05 Å². The fourth-order valence-electron chi connectivity index (χ4n) is 4.64. The molecule has 1 N–H and O–H groups in total. The minimum absolute atomic E-state index is 0.0381. The SMILES string of the molecule is Cn1ccc(N2CC[C@@H](NC(=O)CN3CC4(CC4)c4cc(Br)ccc4C3=O)C2)n1. The standard InChI is InChI=1S/C21H24BrN5O2/c1-25-8-5-18(24-25)26-9-4-15(11-26)23-19(28)12-27-13-21(6-7-21)17-10-14(22)2-3-16(17)20(27)29/h2-3,5,8,10,15H,4,6-7,9,11-13H2,1H3,(H,23,28)/t15-/m1/s1. The summed E-state index contributed by atoms with van der Waals surface area (Å²) in [7, 11) is 1.90. The van der Waals surface area contributed by atoms with Crippen LogP contribution in [-0.2, 0) is 17.3 Å². The molecular formula is C21H24BrN5O2. The quantitative estimate of drug-likeness (QED) is 0.762. The average Bonchev–Trinajstić information content (AvgIpc) is 3.07. The monoisotopic (exact) mass is 457 g/mol. The Morgan fingerprint density at radius 2 is 2.17 bits per heavy atom. The lowest BCUT2D eigenvalue weighted by atomic mass is 9.86. The van der Waals surface area contributed by atoms with Gasteiger partial charge in [-0.3, -0.25) is 14.3 Å². The van der Waals surface area contributed by atoms with E-state index in [1.807, 2.05) is 31.4 Å². The highest BCUT2D eigenvalue weighted by Gasteiger charge is 2.51. The first-order valence-corrected chi connectivity index (χ1v) is 10.9. The Labute approximate surface area is 178 Å². The predicted octanol–water partition coefficient (Wildman–Crippen LogP) is 2.07. The molecule has 0 unspecified atom stereocenters. The molecule has 1 saturated carbocycles. The number of nitrogens with one attached hydrogen (secondary N) is 1. The first-order valence-electron chi connectivity index (χ1n) is 10.1. The van der Waals surface area contributed by atoms with Crippen LogP contribution >= 0.6 is 15.9 Å². The minimum atomic E-state index is -0.0809. The molecule has 3 aliphatic rings. The second kappa shape index (κ2) is 6.86. The lowest BCUT2D eigenvalue weighted by Crippen LogP contribution is -2.49. The number of hydrogen-bond donors (Lipinski definition) is 1. The highest BCUT2D eigenvalue weighted by molar-refractivity contribution is 9.10. The summed E-state index contributed by atoms with van der Waals surface area (Å²) in [5.41, 5.74) is 1.92. The van der Waals surface area contributed by atoms with Gasteiger partial charge in [0, 0.05) is 60.4 Å². The molecule has 2 amide bonds. The van der Waals surface area contributed by atoms with Crippen LogP contribution in [0.3, 0.4) is 0 Å². The lowest BCUT2D eigenvalue weighted by molar-refractivity contribution is -0.122. The Bertz CT molecular complexity index is 983. The van der Waals surface area contributed by atoms with Crippen molar-refractivity contribution >= 4 is 33.6 Å². The fraction of sp³-hybridized carbons (Fsp3) is 0.476. The van der Waals surface area contributed by atoms with E-state index in [-0.39, 0.29) is 29.8 Å². The molecule has 1 saturated heterocycles. The second-order valence-corrected chi connectivity index (χ2v) is 9.39. The van der Waals surface area contributed by atoms with Gasteiger partial charge in [-0.05, 0) is 43.0 Å². The summed E-state index contributed by atoms with van der Waals surface area (Å²) in [6.07, 6.45) is 4.96. The Hall–Kier alpha value is -2.35. The average molecular weight is 458 g/mol.